The largest absolute Gasteiger partial charge is 0.435 e. The molecule has 3 aromatic heterocycles. The van der Waals surface area contributed by atoms with Crippen LogP contribution < -0.4 is 5.32 Å². The molecular weight excluding hydrogens is 379 g/mol. The molecule has 0 fully saturated rings. The molecule has 0 atom stereocenters. The quantitative estimate of drug-likeness (QED) is 0.482. The summed E-state index contributed by atoms with van der Waals surface area (Å²) < 4.78 is 42.1. The Balaban J connectivity index is 1.74. The molecule has 0 saturated heterocycles. The van der Waals surface area contributed by atoms with Crippen LogP contribution in [0.3, 0.4) is 0 Å². The fourth-order valence-electron chi connectivity index (χ4n) is 3.05. The average molecular weight is 397 g/mol. The Hall–Kier alpha value is -3.42. The summed E-state index contributed by atoms with van der Waals surface area (Å²) in [6.07, 6.45) is -1.68. The van der Waals surface area contributed by atoms with Gasteiger partial charge in [0.25, 0.3) is 0 Å². The molecule has 148 valence electrons. The molecule has 4 aromatic rings. The summed E-state index contributed by atoms with van der Waals surface area (Å²) in [5.74, 6) is 0.747. The second-order valence-corrected chi connectivity index (χ2v) is 6.90. The molecule has 0 spiro atoms. The zero-order valence-electron chi connectivity index (χ0n) is 15.8. The molecule has 0 unspecified atom stereocenters. The van der Waals surface area contributed by atoms with Crippen molar-refractivity contribution in [3.05, 3.63) is 72.2 Å². The molecule has 0 saturated carbocycles. The van der Waals surface area contributed by atoms with Gasteiger partial charge in [-0.1, -0.05) is 32.0 Å². The topological polar surface area (TPSA) is 55.1 Å². The van der Waals surface area contributed by atoms with Crippen LogP contribution in [-0.2, 0) is 6.18 Å². The molecular formula is C21H18F3N5. The Labute approximate surface area is 165 Å². The minimum Gasteiger partial charge on any atom is -0.340 e. The smallest absolute Gasteiger partial charge is 0.340 e. The number of pyridine rings is 1. The molecule has 8 heteroatoms. The van der Waals surface area contributed by atoms with E-state index in [1.54, 1.807) is 18.2 Å². The van der Waals surface area contributed by atoms with E-state index in [0.29, 0.717) is 11.7 Å². The van der Waals surface area contributed by atoms with Crippen LogP contribution in [0, 0.1) is 0 Å². The second kappa shape index (κ2) is 7.20. The minimum atomic E-state index is -4.62. The lowest BCUT2D eigenvalue weighted by molar-refractivity contribution is -0.140. The van der Waals surface area contributed by atoms with Crippen molar-refractivity contribution < 1.29 is 13.2 Å². The van der Waals surface area contributed by atoms with Gasteiger partial charge >= 0.3 is 6.18 Å². The highest BCUT2D eigenvalue weighted by molar-refractivity contribution is 5.65. The summed E-state index contributed by atoms with van der Waals surface area (Å²) >= 11 is 0. The lowest BCUT2D eigenvalue weighted by Crippen LogP contribution is -2.09. The summed E-state index contributed by atoms with van der Waals surface area (Å²) in [7, 11) is 0. The molecule has 0 aliphatic heterocycles. The number of nitrogens with one attached hydrogen (secondary N) is 1. The molecule has 0 amide bonds. The van der Waals surface area contributed by atoms with Crippen molar-refractivity contribution in [2.75, 3.05) is 5.32 Å². The highest BCUT2D eigenvalue weighted by Gasteiger charge is 2.39. The monoisotopic (exact) mass is 397 g/mol. The van der Waals surface area contributed by atoms with Crippen molar-refractivity contribution in [1.29, 1.82) is 0 Å². The number of anilines is 2. The summed E-state index contributed by atoms with van der Waals surface area (Å²) in [5, 5.41) is 3.12. The van der Waals surface area contributed by atoms with Crippen LogP contribution in [0.2, 0.25) is 0 Å². The van der Waals surface area contributed by atoms with Gasteiger partial charge in [0.15, 0.2) is 11.5 Å². The van der Waals surface area contributed by atoms with E-state index < -0.39 is 11.9 Å². The van der Waals surface area contributed by atoms with Gasteiger partial charge in [-0.15, -0.1) is 0 Å². The van der Waals surface area contributed by atoms with Gasteiger partial charge in [0.05, 0.1) is 0 Å². The van der Waals surface area contributed by atoms with Gasteiger partial charge in [0, 0.05) is 18.1 Å². The fraction of sp³-hybridized carbons (Fsp3) is 0.190. The van der Waals surface area contributed by atoms with Crippen molar-refractivity contribution in [3.63, 3.8) is 0 Å². The molecule has 4 rings (SSSR count). The van der Waals surface area contributed by atoms with Crippen LogP contribution in [0.1, 0.15) is 31.0 Å². The minimum absolute atomic E-state index is 0.0557. The van der Waals surface area contributed by atoms with E-state index >= 15 is 0 Å². The van der Waals surface area contributed by atoms with Gasteiger partial charge in [-0.05, 0) is 41.8 Å². The number of alkyl halides is 3. The third-order valence-corrected chi connectivity index (χ3v) is 4.52. The Morgan fingerprint density at radius 2 is 1.72 bits per heavy atom. The second-order valence-electron chi connectivity index (χ2n) is 6.90. The summed E-state index contributed by atoms with van der Waals surface area (Å²) in [4.78, 5) is 12.1. The van der Waals surface area contributed by atoms with E-state index in [1.165, 1.54) is 28.4 Å². The Morgan fingerprint density at radius 3 is 2.41 bits per heavy atom. The SMILES string of the molecule is CC(C)c1ccc(Nc2ccnc(-c3c(C(F)(F)F)nc4ccccn34)n2)cc1. The number of rotatable bonds is 4. The molecule has 29 heavy (non-hydrogen) atoms. The number of aromatic nitrogens is 4. The van der Waals surface area contributed by atoms with Crippen molar-refractivity contribution in [2.45, 2.75) is 25.9 Å². The van der Waals surface area contributed by atoms with Crippen LogP contribution in [-0.4, -0.2) is 19.4 Å². The number of hydrogen-bond donors (Lipinski definition) is 1. The summed E-state index contributed by atoms with van der Waals surface area (Å²) in [5.41, 5.74) is 0.961. The van der Waals surface area contributed by atoms with Crippen molar-refractivity contribution >= 4 is 17.2 Å². The highest BCUT2D eigenvalue weighted by atomic mass is 19.4. The third-order valence-electron chi connectivity index (χ3n) is 4.52. The summed E-state index contributed by atoms with van der Waals surface area (Å²) in [6.45, 7) is 4.21. The Bertz CT molecular complexity index is 1150. The third kappa shape index (κ3) is 3.78. The van der Waals surface area contributed by atoms with Gasteiger partial charge in [0.2, 0.25) is 0 Å². The number of nitrogens with zero attached hydrogens (tertiary/aromatic N) is 4. The zero-order valence-corrected chi connectivity index (χ0v) is 15.8. The molecule has 1 aromatic carbocycles. The molecule has 1 N–H and O–H groups in total. The van der Waals surface area contributed by atoms with Gasteiger partial charge in [0.1, 0.15) is 17.2 Å². The predicted molar refractivity (Wildman–Crippen MR) is 105 cm³/mol. The van der Waals surface area contributed by atoms with E-state index in [4.69, 9.17) is 0 Å². The molecule has 0 aliphatic rings. The predicted octanol–water partition coefficient (Wildman–Crippen LogP) is 5.68. The van der Waals surface area contributed by atoms with Gasteiger partial charge in [-0.25, -0.2) is 15.0 Å². The lowest BCUT2D eigenvalue weighted by atomic mass is 10.0. The van der Waals surface area contributed by atoms with Crippen LogP contribution in [0.25, 0.3) is 17.2 Å². The molecule has 0 aliphatic carbocycles. The Morgan fingerprint density at radius 1 is 0.966 bits per heavy atom. The first-order valence-corrected chi connectivity index (χ1v) is 9.07. The normalized spacial score (nSPS) is 11.9. The van der Waals surface area contributed by atoms with Crippen LogP contribution in [0.4, 0.5) is 24.7 Å². The van der Waals surface area contributed by atoms with E-state index in [0.717, 1.165) is 5.69 Å². The van der Waals surface area contributed by atoms with Crippen LogP contribution in [0.5, 0.6) is 0 Å². The number of benzene rings is 1. The standard InChI is InChI=1S/C21H18F3N5/c1-13(2)14-6-8-15(9-7-14)26-16-10-11-25-20(27-16)18-19(21(22,23)24)28-17-5-3-4-12-29(17)18/h3-13H,1-2H3,(H,25,26,27). The lowest BCUT2D eigenvalue weighted by Gasteiger charge is -2.10. The Kier molecular flexibility index (Phi) is 4.70. The maximum absolute atomic E-state index is 13.6. The van der Waals surface area contributed by atoms with E-state index in [1.807, 2.05) is 24.3 Å². The summed E-state index contributed by atoms with van der Waals surface area (Å²) in [6, 6.07) is 14.2. The van der Waals surface area contributed by atoms with E-state index in [2.05, 4.69) is 34.1 Å². The number of halogens is 3. The van der Waals surface area contributed by atoms with Crippen molar-refractivity contribution in [3.8, 4) is 11.5 Å². The average Bonchev–Trinajstić information content (AvgIpc) is 3.09. The van der Waals surface area contributed by atoms with Crippen molar-refractivity contribution in [1.82, 2.24) is 19.4 Å². The fourth-order valence-corrected chi connectivity index (χ4v) is 3.05. The molecule has 0 radical (unpaired) electrons. The zero-order chi connectivity index (χ0) is 20.6. The van der Waals surface area contributed by atoms with Gasteiger partial charge in [-0.3, -0.25) is 4.40 Å². The van der Waals surface area contributed by atoms with Crippen molar-refractivity contribution in [2.24, 2.45) is 0 Å². The first-order chi connectivity index (χ1) is 13.8. The van der Waals surface area contributed by atoms with Gasteiger partial charge < -0.3 is 5.32 Å². The number of hydrogen-bond acceptors (Lipinski definition) is 4. The maximum Gasteiger partial charge on any atom is 0.435 e. The first kappa shape index (κ1) is 18.9. The van der Waals surface area contributed by atoms with Crippen LogP contribution in [0.15, 0.2) is 60.9 Å². The highest BCUT2D eigenvalue weighted by Crippen LogP contribution is 2.36. The molecule has 5 nitrogen and oxygen atoms in total. The molecule has 0 bridgehead atoms. The number of imidazole rings is 1. The first-order valence-electron chi connectivity index (χ1n) is 9.07. The molecule has 3 heterocycles. The van der Waals surface area contributed by atoms with Crippen LogP contribution >= 0.6 is 0 Å². The maximum atomic E-state index is 13.6. The van der Waals surface area contributed by atoms with E-state index in [-0.39, 0.29) is 17.2 Å². The number of fused-ring (bicyclic) bond motifs is 1. The van der Waals surface area contributed by atoms with E-state index in [9.17, 15) is 13.2 Å². The van der Waals surface area contributed by atoms with Gasteiger partial charge in [-0.2, -0.15) is 13.2 Å².